The lowest BCUT2D eigenvalue weighted by Gasteiger charge is -2.43. The van der Waals surface area contributed by atoms with Crippen LogP contribution in [0, 0.1) is 5.92 Å². The van der Waals surface area contributed by atoms with Gasteiger partial charge in [-0.3, -0.25) is 0 Å². The molecular formula is C16H30N2O2S. The van der Waals surface area contributed by atoms with Crippen molar-refractivity contribution in [2.45, 2.75) is 76.3 Å². The molecule has 1 saturated heterocycles. The molecule has 1 aliphatic heterocycles. The van der Waals surface area contributed by atoms with Crippen LogP contribution in [0.15, 0.2) is 0 Å². The average Bonchev–Trinajstić information content (AvgIpc) is 3.30. The first kappa shape index (κ1) is 15.8. The van der Waals surface area contributed by atoms with Gasteiger partial charge < -0.3 is 5.32 Å². The van der Waals surface area contributed by atoms with Gasteiger partial charge in [0, 0.05) is 18.6 Å². The molecule has 2 unspecified atom stereocenters. The number of hydrogen-bond acceptors (Lipinski definition) is 3. The summed E-state index contributed by atoms with van der Waals surface area (Å²) in [4.78, 5) is 0. The molecule has 1 N–H and O–H groups in total. The van der Waals surface area contributed by atoms with Gasteiger partial charge in [-0.25, -0.2) is 8.42 Å². The summed E-state index contributed by atoms with van der Waals surface area (Å²) in [5.41, 5.74) is 0. The number of fused-ring (bicyclic) bond motifs is 1. The largest absolute Gasteiger partial charge is 0.314 e. The van der Waals surface area contributed by atoms with Crippen LogP contribution in [-0.4, -0.2) is 43.6 Å². The second kappa shape index (κ2) is 6.97. The van der Waals surface area contributed by atoms with Crippen molar-refractivity contribution in [3.8, 4) is 0 Å². The van der Waals surface area contributed by atoms with Gasteiger partial charge in [-0.1, -0.05) is 12.8 Å². The monoisotopic (exact) mass is 314 g/mol. The molecule has 0 aromatic rings. The molecule has 0 aromatic heterocycles. The van der Waals surface area contributed by atoms with Gasteiger partial charge in [0.2, 0.25) is 10.0 Å². The zero-order valence-corrected chi connectivity index (χ0v) is 13.9. The van der Waals surface area contributed by atoms with Crippen molar-refractivity contribution in [1.82, 2.24) is 9.62 Å². The first-order chi connectivity index (χ1) is 10.2. The molecule has 2 aliphatic carbocycles. The Morgan fingerprint density at radius 2 is 1.71 bits per heavy atom. The lowest BCUT2D eigenvalue weighted by molar-refractivity contribution is 0.129. The Morgan fingerprint density at radius 1 is 0.952 bits per heavy atom. The summed E-state index contributed by atoms with van der Waals surface area (Å²) in [6.45, 7) is 1.75. The van der Waals surface area contributed by atoms with E-state index >= 15 is 0 Å². The van der Waals surface area contributed by atoms with E-state index in [1.165, 1.54) is 38.5 Å². The second-order valence-corrected chi connectivity index (χ2v) is 9.16. The minimum atomic E-state index is -3.03. The Balaban J connectivity index is 1.47. The summed E-state index contributed by atoms with van der Waals surface area (Å²) >= 11 is 0. The fraction of sp³-hybridized carbons (Fsp3) is 1.00. The SMILES string of the molecule is O=S(=O)(CCCCNC1CC1)N1CCCC2CCCCC21. The van der Waals surface area contributed by atoms with Crippen molar-refractivity contribution in [2.24, 2.45) is 5.92 Å². The van der Waals surface area contributed by atoms with E-state index in [9.17, 15) is 8.42 Å². The van der Waals surface area contributed by atoms with Crippen molar-refractivity contribution < 1.29 is 8.42 Å². The Labute approximate surface area is 129 Å². The maximum atomic E-state index is 12.7. The zero-order valence-electron chi connectivity index (χ0n) is 13.1. The molecule has 0 spiro atoms. The third-order valence-corrected chi connectivity index (χ3v) is 7.36. The molecule has 3 aliphatic rings. The van der Waals surface area contributed by atoms with E-state index in [0.29, 0.717) is 17.7 Å². The quantitative estimate of drug-likeness (QED) is 0.735. The van der Waals surface area contributed by atoms with Crippen LogP contribution in [0.1, 0.15) is 64.2 Å². The highest BCUT2D eigenvalue weighted by molar-refractivity contribution is 7.89. The molecule has 3 rings (SSSR count). The summed E-state index contributed by atoms with van der Waals surface area (Å²) < 4.78 is 27.2. The number of unbranched alkanes of at least 4 members (excludes halogenated alkanes) is 1. The number of hydrogen-bond donors (Lipinski definition) is 1. The minimum absolute atomic E-state index is 0.321. The summed E-state index contributed by atoms with van der Waals surface area (Å²) in [5.74, 6) is 0.988. The van der Waals surface area contributed by atoms with Crippen molar-refractivity contribution in [3.05, 3.63) is 0 Å². The van der Waals surface area contributed by atoms with Gasteiger partial charge in [0.15, 0.2) is 0 Å². The third-order valence-electron chi connectivity index (χ3n) is 5.39. The molecule has 4 nitrogen and oxygen atoms in total. The van der Waals surface area contributed by atoms with Gasteiger partial charge in [0.25, 0.3) is 0 Å². The second-order valence-electron chi connectivity index (χ2n) is 7.12. The number of nitrogens with one attached hydrogen (secondary N) is 1. The van der Waals surface area contributed by atoms with E-state index in [1.54, 1.807) is 0 Å². The summed E-state index contributed by atoms with van der Waals surface area (Å²) in [7, 11) is -3.03. The fourth-order valence-corrected chi connectivity index (χ4v) is 5.95. The lowest BCUT2D eigenvalue weighted by atomic mass is 9.79. The molecular weight excluding hydrogens is 284 g/mol. The maximum Gasteiger partial charge on any atom is 0.214 e. The van der Waals surface area contributed by atoms with E-state index < -0.39 is 10.0 Å². The normalized spacial score (nSPS) is 31.0. The minimum Gasteiger partial charge on any atom is -0.314 e. The molecule has 21 heavy (non-hydrogen) atoms. The summed E-state index contributed by atoms with van der Waals surface area (Å²) in [6.07, 6.45) is 11.5. The van der Waals surface area contributed by atoms with E-state index in [2.05, 4.69) is 5.32 Å². The Kier molecular flexibility index (Phi) is 5.23. The summed E-state index contributed by atoms with van der Waals surface area (Å²) in [5, 5.41) is 3.46. The molecule has 2 atom stereocenters. The molecule has 2 saturated carbocycles. The van der Waals surface area contributed by atoms with Crippen molar-refractivity contribution >= 4 is 10.0 Å². The van der Waals surface area contributed by atoms with Crippen LogP contribution in [0.3, 0.4) is 0 Å². The summed E-state index contributed by atoms with van der Waals surface area (Å²) in [6, 6.07) is 1.05. The lowest BCUT2D eigenvalue weighted by Crippen LogP contribution is -2.50. The molecule has 0 radical (unpaired) electrons. The zero-order chi connectivity index (χ0) is 14.7. The molecule has 122 valence electrons. The van der Waals surface area contributed by atoms with Gasteiger partial charge in [0.1, 0.15) is 0 Å². The van der Waals surface area contributed by atoms with Crippen LogP contribution >= 0.6 is 0 Å². The van der Waals surface area contributed by atoms with Crippen LogP contribution in [0.25, 0.3) is 0 Å². The standard InChI is InChI=1S/C16H30N2O2S/c19-21(20,13-4-3-11-17-15-9-10-15)18-12-5-7-14-6-1-2-8-16(14)18/h14-17H,1-13H2. The van der Waals surface area contributed by atoms with E-state index in [1.807, 2.05) is 4.31 Å². The van der Waals surface area contributed by atoms with Crippen LogP contribution in [-0.2, 0) is 10.0 Å². The highest BCUT2D eigenvalue weighted by Crippen LogP contribution is 2.36. The van der Waals surface area contributed by atoms with Crippen LogP contribution in [0.5, 0.6) is 0 Å². The number of piperidine rings is 1. The number of rotatable bonds is 7. The first-order valence-corrected chi connectivity index (χ1v) is 10.5. The number of nitrogens with zero attached hydrogens (tertiary/aromatic N) is 1. The third kappa shape index (κ3) is 4.20. The predicted molar refractivity (Wildman–Crippen MR) is 85.7 cm³/mol. The molecule has 0 amide bonds. The smallest absolute Gasteiger partial charge is 0.214 e. The molecule has 1 heterocycles. The average molecular weight is 314 g/mol. The molecule has 5 heteroatoms. The molecule has 0 aromatic carbocycles. The van der Waals surface area contributed by atoms with E-state index in [-0.39, 0.29) is 0 Å². The molecule has 3 fully saturated rings. The highest BCUT2D eigenvalue weighted by atomic mass is 32.2. The highest BCUT2D eigenvalue weighted by Gasteiger charge is 2.38. The molecule has 0 bridgehead atoms. The predicted octanol–water partition coefficient (Wildman–Crippen LogP) is 2.50. The van der Waals surface area contributed by atoms with E-state index in [0.717, 1.165) is 44.8 Å². The van der Waals surface area contributed by atoms with Crippen LogP contribution in [0.2, 0.25) is 0 Å². The van der Waals surface area contributed by atoms with Gasteiger partial charge >= 0.3 is 0 Å². The maximum absolute atomic E-state index is 12.7. The Hall–Kier alpha value is -0.130. The Bertz CT molecular complexity index is 432. The van der Waals surface area contributed by atoms with Gasteiger partial charge in [-0.05, 0) is 63.8 Å². The van der Waals surface area contributed by atoms with Crippen molar-refractivity contribution in [3.63, 3.8) is 0 Å². The van der Waals surface area contributed by atoms with Crippen LogP contribution in [0.4, 0.5) is 0 Å². The first-order valence-electron chi connectivity index (χ1n) is 8.90. The van der Waals surface area contributed by atoms with Crippen LogP contribution < -0.4 is 5.32 Å². The Morgan fingerprint density at radius 3 is 2.52 bits per heavy atom. The topological polar surface area (TPSA) is 49.4 Å². The van der Waals surface area contributed by atoms with Gasteiger partial charge in [-0.15, -0.1) is 0 Å². The fourth-order valence-electron chi connectivity index (χ4n) is 4.04. The van der Waals surface area contributed by atoms with Gasteiger partial charge in [-0.2, -0.15) is 4.31 Å². The van der Waals surface area contributed by atoms with Crippen molar-refractivity contribution in [2.75, 3.05) is 18.8 Å². The van der Waals surface area contributed by atoms with E-state index in [4.69, 9.17) is 0 Å². The van der Waals surface area contributed by atoms with Crippen molar-refractivity contribution in [1.29, 1.82) is 0 Å². The van der Waals surface area contributed by atoms with Gasteiger partial charge in [0.05, 0.1) is 5.75 Å². The number of sulfonamides is 1.